The van der Waals surface area contributed by atoms with Crippen molar-refractivity contribution in [2.75, 3.05) is 7.11 Å². The molecule has 0 saturated heterocycles. The lowest BCUT2D eigenvalue weighted by atomic mass is 10.0. The zero-order valence-corrected chi connectivity index (χ0v) is 11.5. The van der Waals surface area contributed by atoms with Gasteiger partial charge in [0, 0.05) is 6.42 Å². The summed E-state index contributed by atoms with van der Waals surface area (Å²) in [5, 5.41) is 28.8. The Morgan fingerprint density at radius 2 is 1.71 bits per heavy atom. The molecular weight excluding hydrogens is 272 g/mol. The molecule has 21 heavy (non-hydrogen) atoms. The molecule has 0 radical (unpaired) electrons. The van der Waals surface area contributed by atoms with Crippen molar-refractivity contribution in [2.45, 2.75) is 12.8 Å². The van der Waals surface area contributed by atoms with Crippen LogP contribution < -0.4 is 4.74 Å². The summed E-state index contributed by atoms with van der Waals surface area (Å²) in [5.41, 5.74) is 0.746. The molecule has 0 heterocycles. The summed E-state index contributed by atoms with van der Waals surface area (Å²) in [5.74, 6) is -0.444. The van der Waals surface area contributed by atoms with Crippen LogP contribution in [0.4, 0.5) is 0 Å². The van der Waals surface area contributed by atoms with Crippen LogP contribution in [0.1, 0.15) is 22.3 Å². The average Bonchev–Trinajstić information content (AvgIpc) is 2.46. The van der Waals surface area contributed by atoms with E-state index in [1.165, 1.54) is 31.4 Å². The molecular formula is C16H16O5. The van der Waals surface area contributed by atoms with Crippen LogP contribution >= 0.6 is 0 Å². The van der Waals surface area contributed by atoms with Gasteiger partial charge in [0.15, 0.2) is 17.3 Å². The second-order valence-electron chi connectivity index (χ2n) is 4.60. The number of Topliss-reactive ketones (excluding diaryl/α,β-unsaturated/α-hetero) is 1. The monoisotopic (exact) mass is 288 g/mol. The number of ketones is 1. The van der Waals surface area contributed by atoms with Crippen LogP contribution in [-0.2, 0) is 6.42 Å². The Balaban J connectivity index is 2.11. The van der Waals surface area contributed by atoms with E-state index >= 15 is 0 Å². The smallest absolute Gasteiger partial charge is 0.170 e. The van der Waals surface area contributed by atoms with Crippen LogP contribution in [0.3, 0.4) is 0 Å². The lowest BCUT2D eigenvalue weighted by molar-refractivity contribution is 0.0977. The molecule has 0 spiro atoms. The number of phenolic OH excluding ortho intramolecular Hbond substituents is 3. The molecule has 0 atom stereocenters. The second-order valence-corrected chi connectivity index (χ2v) is 4.60. The Bertz CT molecular complexity index is 643. The number of hydrogen-bond acceptors (Lipinski definition) is 5. The van der Waals surface area contributed by atoms with Crippen LogP contribution in [0.2, 0.25) is 0 Å². The Kier molecular flexibility index (Phi) is 4.33. The predicted octanol–water partition coefficient (Wildman–Crippen LogP) is 2.63. The van der Waals surface area contributed by atoms with Crippen LogP contribution in [0, 0.1) is 0 Å². The van der Waals surface area contributed by atoms with Gasteiger partial charge in [-0.1, -0.05) is 12.1 Å². The van der Waals surface area contributed by atoms with Gasteiger partial charge in [0.1, 0.15) is 17.1 Å². The molecule has 0 fully saturated rings. The molecule has 0 aliphatic carbocycles. The quantitative estimate of drug-likeness (QED) is 0.736. The largest absolute Gasteiger partial charge is 0.507 e. The molecule has 0 bridgehead atoms. The maximum atomic E-state index is 12.1. The van der Waals surface area contributed by atoms with E-state index in [0.717, 1.165) is 5.56 Å². The van der Waals surface area contributed by atoms with Gasteiger partial charge >= 0.3 is 0 Å². The fourth-order valence-electron chi connectivity index (χ4n) is 2.07. The van der Waals surface area contributed by atoms with E-state index in [-0.39, 0.29) is 35.0 Å². The van der Waals surface area contributed by atoms with E-state index in [1.54, 1.807) is 12.1 Å². The minimum absolute atomic E-state index is 0.0333. The number of carbonyl (C=O) groups is 1. The maximum absolute atomic E-state index is 12.1. The van der Waals surface area contributed by atoms with E-state index < -0.39 is 0 Å². The number of methoxy groups -OCH3 is 1. The highest BCUT2D eigenvalue weighted by atomic mass is 16.5. The Morgan fingerprint density at radius 3 is 2.33 bits per heavy atom. The van der Waals surface area contributed by atoms with Crippen LogP contribution in [0.25, 0.3) is 0 Å². The molecule has 5 heteroatoms. The third-order valence-corrected chi connectivity index (χ3v) is 3.18. The van der Waals surface area contributed by atoms with Gasteiger partial charge in [0.25, 0.3) is 0 Å². The SMILES string of the molecule is COc1cc(CCC(=O)c2c(O)cccc2O)ccc1O. The number of rotatable bonds is 5. The molecule has 3 N–H and O–H groups in total. The number of ether oxygens (including phenoxy) is 1. The van der Waals surface area contributed by atoms with E-state index in [9.17, 15) is 20.1 Å². The third kappa shape index (κ3) is 3.25. The maximum Gasteiger partial charge on any atom is 0.170 e. The van der Waals surface area contributed by atoms with Crippen molar-refractivity contribution >= 4 is 5.78 Å². The van der Waals surface area contributed by atoms with Crippen molar-refractivity contribution in [2.24, 2.45) is 0 Å². The Morgan fingerprint density at radius 1 is 1.05 bits per heavy atom. The van der Waals surface area contributed by atoms with Crippen molar-refractivity contribution in [3.8, 4) is 23.0 Å². The molecule has 5 nitrogen and oxygen atoms in total. The second kappa shape index (κ2) is 6.17. The van der Waals surface area contributed by atoms with Crippen LogP contribution in [-0.4, -0.2) is 28.2 Å². The zero-order valence-electron chi connectivity index (χ0n) is 11.5. The van der Waals surface area contributed by atoms with Crippen molar-refractivity contribution < 1.29 is 24.9 Å². The Hall–Kier alpha value is -2.69. The molecule has 0 amide bonds. The molecule has 2 aromatic carbocycles. The van der Waals surface area contributed by atoms with Gasteiger partial charge in [-0.2, -0.15) is 0 Å². The van der Waals surface area contributed by atoms with Gasteiger partial charge in [0.2, 0.25) is 0 Å². The molecule has 2 rings (SSSR count). The summed E-state index contributed by atoms with van der Waals surface area (Å²) >= 11 is 0. The summed E-state index contributed by atoms with van der Waals surface area (Å²) in [4.78, 5) is 12.1. The van der Waals surface area contributed by atoms with E-state index in [0.29, 0.717) is 12.2 Å². The predicted molar refractivity (Wildman–Crippen MR) is 77.1 cm³/mol. The van der Waals surface area contributed by atoms with Gasteiger partial charge in [0.05, 0.1) is 7.11 Å². The molecule has 0 aliphatic heterocycles. The van der Waals surface area contributed by atoms with E-state index in [2.05, 4.69) is 0 Å². The normalized spacial score (nSPS) is 10.3. The molecule has 0 saturated carbocycles. The van der Waals surface area contributed by atoms with Crippen LogP contribution in [0.5, 0.6) is 23.0 Å². The standard InChI is InChI=1S/C16H16O5/c1-21-15-9-10(5-7-11(15)17)6-8-14(20)16-12(18)3-2-4-13(16)19/h2-5,7,9,17-19H,6,8H2,1H3. The van der Waals surface area contributed by atoms with E-state index in [4.69, 9.17) is 4.74 Å². The fourth-order valence-corrected chi connectivity index (χ4v) is 2.07. The van der Waals surface area contributed by atoms with Crippen LogP contribution in [0.15, 0.2) is 36.4 Å². The van der Waals surface area contributed by atoms with Gasteiger partial charge in [-0.15, -0.1) is 0 Å². The molecule has 0 unspecified atom stereocenters. The zero-order chi connectivity index (χ0) is 15.4. The number of benzene rings is 2. The topological polar surface area (TPSA) is 87.0 Å². The lowest BCUT2D eigenvalue weighted by Crippen LogP contribution is -2.02. The highest BCUT2D eigenvalue weighted by molar-refractivity contribution is 6.01. The molecule has 110 valence electrons. The number of aromatic hydroxyl groups is 3. The molecule has 0 aromatic heterocycles. The average molecular weight is 288 g/mol. The van der Waals surface area contributed by atoms with Crippen molar-refractivity contribution in [1.29, 1.82) is 0 Å². The minimum Gasteiger partial charge on any atom is -0.507 e. The van der Waals surface area contributed by atoms with Gasteiger partial charge < -0.3 is 20.1 Å². The summed E-state index contributed by atoms with van der Waals surface area (Å²) in [6, 6.07) is 9.01. The molecule has 2 aromatic rings. The first-order valence-electron chi connectivity index (χ1n) is 6.43. The van der Waals surface area contributed by atoms with Gasteiger partial charge in [-0.05, 0) is 36.2 Å². The highest BCUT2D eigenvalue weighted by Gasteiger charge is 2.16. The molecule has 0 aliphatic rings. The third-order valence-electron chi connectivity index (χ3n) is 3.18. The summed E-state index contributed by atoms with van der Waals surface area (Å²) in [7, 11) is 1.45. The van der Waals surface area contributed by atoms with Gasteiger partial charge in [-0.3, -0.25) is 4.79 Å². The first-order chi connectivity index (χ1) is 10.0. The minimum atomic E-state index is -0.349. The van der Waals surface area contributed by atoms with Gasteiger partial charge in [-0.25, -0.2) is 0 Å². The number of hydrogen-bond donors (Lipinski definition) is 3. The summed E-state index contributed by atoms with van der Waals surface area (Å²) < 4.78 is 5.00. The first kappa shape index (κ1) is 14.7. The first-order valence-corrected chi connectivity index (χ1v) is 6.43. The number of phenols is 3. The fraction of sp³-hybridized carbons (Fsp3) is 0.188. The number of aryl methyl sites for hydroxylation is 1. The van der Waals surface area contributed by atoms with E-state index in [1.807, 2.05) is 0 Å². The van der Waals surface area contributed by atoms with Crippen molar-refractivity contribution in [1.82, 2.24) is 0 Å². The lowest BCUT2D eigenvalue weighted by Gasteiger charge is -2.08. The summed E-state index contributed by atoms with van der Waals surface area (Å²) in [6.45, 7) is 0. The highest BCUT2D eigenvalue weighted by Crippen LogP contribution is 2.29. The van der Waals surface area contributed by atoms with Crippen molar-refractivity contribution in [3.05, 3.63) is 47.5 Å². The summed E-state index contributed by atoms with van der Waals surface area (Å²) in [6.07, 6.45) is 0.530. The number of carbonyl (C=O) groups excluding carboxylic acids is 1. The Labute approximate surface area is 122 Å². The van der Waals surface area contributed by atoms with Crippen molar-refractivity contribution in [3.63, 3.8) is 0 Å².